The average molecular weight is 240 g/mol. The van der Waals surface area contributed by atoms with Crippen LogP contribution in [-0.4, -0.2) is 43.3 Å². The van der Waals surface area contributed by atoms with E-state index in [-0.39, 0.29) is 23.6 Å². The molecule has 2 unspecified atom stereocenters. The summed E-state index contributed by atoms with van der Waals surface area (Å²) in [6.45, 7) is 6.14. The van der Waals surface area contributed by atoms with Gasteiger partial charge < -0.3 is 15.0 Å². The van der Waals surface area contributed by atoms with Crippen molar-refractivity contribution in [3.63, 3.8) is 0 Å². The minimum atomic E-state index is 0.0558. The highest BCUT2D eigenvalue weighted by atomic mass is 16.5. The molecule has 1 saturated carbocycles. The number of carbonyl (C=O) groups is 1. The molecule has 0 aromatic heterocycles. The number of nitrogens with zero attached hydrogens (tertiary/aromatic N) is 1. The second-order valence-corrected chi connectivity index (χ2v) is 5.83. The molecular weight excluding hydrogens is 216 g/mol. The molecule has 98 valence electrons. The third kappa shape index (κ3) is 2.41. The third-order valence-corrected chi connectivity index (χ3v) is 4.40. The number of amides is 2. The van der Waals surface area contributed by atoms with Crippen LogP contribution in [0.4, 0.5) is 4.79 Å². The normalized spacial score (nSPS) is 31.8. The van der Waals surface area contributed by atoms with Gasteiger partial charge in [-0.05, 0) is 25.7 Å². The molecule has 0 aromatic carbocycles. The largest absolute Gasteiger partial charge is 0.381 e. The maximum absolute atomic E-state index is 12.1. The molecule has 0 spiro atoms. The summed E-state index contributed by atoms with van der Waals surface area (Å²) in [6, 6.07) is 0.360. The SMILES string of the molecule is COC1CC(NC(=O)N2CCCCC2)C1(C)C. The van der Waals surface area contributed by atoms with Crippen molar-refractivity contribution in [2.45, 2.75) is 51.7 Å². The topological polar surface area (TPSA) is 41.6 Å². The van der Waals surface area contributed by atoms with E-state index in [1.54, 1.807) is 7.11 Å². The van der Waals surface area contributed by atoms with E-state index in [1.165, 1.54) is 6.42 Å². The molecule has 2 rings (SSSR count). The van der Waals surface area contributed by atoms with Gasteiger partial charge in [0.25, 0.3) is 0 Å². The Morgan fingerprint density at radius 3 is 2.47 bits per heavy atom. The van der Waals surface area contributed by atoms with Gasteiger partial charge in [-0.15, -0.1) is 0 Å². The molecule has 1 aliphatic carbocycles. The summed E-state index contributed by atoms with van der Waals surface area (Å²) in [4.78, 5) is 14.0. The van der Waals surface area contributed by atoms with E-state index >= 15 is 0 Å². The molecule has 0 aromatic rings. The monoisotopic (exact) mass is 240 g/mol. The summed E-state index contributed by atoms with van der Waals surface area (Å²) < 4.78 is 5.39. The highest BCUT2D eigenvalue weighted by Crippen LogP contribution is 2.42. The van der Waals surface area contributed by atoms with Gasteiger partial charge in [0.05, 0.1) is 6.10 Å². The van der Waals surface area contributed by atoms with Gasteiger partial charge in [-0.1, -0.05) is 13.8 Å². The van der Waals surface area contributed by atoms with E-state index in [0.717, 1.165) is 32.4 Å². The van der Waals surface area contributed by atoms with Crippen LogP contribution in [0.15, 0.2) is 0 Å². The Hall–Kier alpha value is -0.770. The molecule has 1 heterocycles. The molecule has 4 nitrogen and oxygen atoms in total. The number of hydrogen-bond acceptors (Lipinski definition) is 2. The van der Waals surface area contributed by atoms with Gasteiger partial charge in [-0.3, -0.25) is 0 Å². The minimum Gasteiger partial charge on any atom is -0.381 e. The molecule has 1 N–H and O–H groups in total. The first-order valence-corrected chi connectivity index (χ1v) is 6.64. The fraction of sp³-hybridized carbons (Fsp3) is 0.923. The number of likely N-dealkylation sites (tertiary alicyclic amines) is 1. The zero-order valence-corrected chi connectivity index (χ0v) is 11.2. The standard InChI is InChI=1S/C13H24N2O2/c1-13(2)10(9-11(13)17-3)14-12(16)15-7-5-4-6-8-15/h10-11H,4-9H2,1-3H3,(H,14,16). The lowest BCUT2D eigenvalue weighted by molar-refractivity contribution is -0.0944. The summed E-state index contributed by atoms with van der Waals surface area (Å²) in [7, 11) is 1.75. The Bertz CT molecular complexity index is 285. The summed E-state index contributed by atoms with van der Waals surface area (Å²) in [5, 5.41) is 3.15. The van der Waals surface area contributed by atoms with Crippen LogP contribution in [-0.2, 0) is 4.74 Å². The van der Waals surface area contributed by atoms with E-state index in [1.807, 2.05) is 4.90 Å². The number of methoxy groups -OCH3 is 1. The molecular formula is C13H24N2O2. The molecule has 0 radical (unpaired) electrons. The second-order valence-electron chi connectivity index (χ2n) is 5.83. The molecule has 2 fully saturated rings. The van der Waals surface area contributed by atoms with Crippen LogP contribution >= 0.6 is 0 Å². The van der Waals surface area contributed by atoms with Gasteiger partial charge in [0, 0.05) is 31.7 Å². The first-order valence-electron chi connectivity index (χ1n) is 6.64. The lowest BCUT2D eigenvalue weighted by Gasteiger charge is -2.51. The predicted octanol–water partition coefficient (Wildman–Crippen LogP) is 2.00. The molecule has 2 aliphatic rings. The Morgan fingerprint density at radius 2 is 1.94 bits per heavy atom. The van der Waals surface area contributed by atoms with E-state index < -0.39 is 0 Å². The van der Waals surface area contributed by atoms with E-state index in [0.29, 0.717) is 0 Å². The number of nitrogens with one attached hydrogen (secondary N) is 1. The van der Waals surface area contributed by atoms with Crippen molar-refractivity contribution in [2.75, 3.05) is 20.2 Å². The highest BCUT2D eigenvalue weighted by Gasteiger charge is 2.49. The molecule has 1 aliphatic heterocycles. The number of rotatable bonds is 2. The predicted molar refractivity (Wildman–Crippen MR) is 66.9 cm³/mol. The lowest BCUT2D eigenvalue weighted by Crippen LogP contribution is -2.63. The molecule has 2 atom stereocenters. The van der Waals surface area contributed by atoms with Gasteiger partial charge >= 0.3 is 6.03 Å². The van der Waals surface area contributed by atoms with E-state index in [2.05, 4.69) is 19.2 Å². The Morgan fingerprint density at radius 1 is 1.29 bits per heavy atom. The van der Waals surface area contributed by atoms with E-state index in [4.69, 9.17) is 4.74 Å². The van der Waals surface area contributed by atoms with Crippen molar-refractivity contribution < 1.29 is 9.53 Å². The number of ether oxygens (including phenoxy) is 1. The smallest absolute Gasteiger partial charge is 0.317 e. The Kier molecular flexibility index (Phi) is 3.61. The Labute approximate surface area is 104 Å². The van der Waals surface area contributed by atoms with Crippen LogP contribution in [0.2, 0.25) is 0 Å². The van der Waals surface area contributed by atoms with Crippen LogP contribution < -0.4 is 5.32 Å². The third-order valence-electron chi connectivity index (χ3n) is 4.40. The quantitative estimate of drug-likeness (QED) is 0.802. The molecule has 0 bridgehead atoms. The lowest BCUT2D eigenvalue weighted by atomic mass is 9.64. The van der Waals surface area contributed by atoms with Crippen LogP contribution in [0.3, 0.4) is 0 Å². The van der Waals surface area contributed by atoms with Crippen LogP contribution in [0.25, 0.3) is 0 Å². The van der Waals surface area contributed by atoms with Gasteiger partial charge in [0.2, 0.25) is 0 Å². The zero-order valence-electron chi connectivity index (χ0n) is 11.2. The first kappa shape index (κ1) is 12.7. The first-order chi connectivity index (χ1) is 8.05. The average Bonchev–Trinajstić information content (AvgIpc) is 2.34. The van der Waals surface area contributed by atoms with Crippen molar-refractivity contribution in [2.24, 2.45) is 5.41 Å². The summed E-state index contributed by atoms with van der Waals surface area (Å²) in [5.41, 5.74) is 0.0558. The van der Waals surface area contributed by atoms with Crippen LogP contribution in [0.5, 0.6) is 0 Å². The fourth-order valence-corrected chi connectivity index (χ4v) is 2.87. The van der Waals surface area contributed by atoms with Gasteiger partial charge in [-0.25, -0.2) is 4.79 Å². The van der Waals surface area contributed by atoms with Crippen molar-refractivity contribution in [3.8, 4) is 0 Å². The number of piperidine rings is 1. The van der Waals surface area contributed by atoms with Crippen LogP contribution in [0, 0.1) is 5.41 Å². The van der Waals surface area contributed by atoms with Gasteiger partial charge in [-0.2, -0.15) is 0 Å². The van der Waals surface area contributed by atoms with Crippen molar-refractivity contribution in [1.82, 2.24) is 10.2 Å². The second kappa shape index (κ2) is 4.84. The molecule has 1 saturated heterocycles. The van der Waals surface area contributed by atoms with E-state index in [9.17, 15) is 4.79 Å². The summed E-state index contributed by atoms with van der Waals surface area (Å²) >= 11 is 0. The molecule has 17 heavy (non-hydrogen) atoms. The van der Waals surface area contributed by atoms with Crippen molar-refractivity contribution in [1.29, 1.82) is 0 Å². The number of carbonyl (C=O) groups excluding carboxylic acids is 1. The van der Waals surface area contributed by atoms with Crippen LogP contribution in [0.1, 0.15) is 39.5 Å². The summed E-state index contributed by atoms with van der Waals surface area (Å²) in [6.07, 6.45) is 4.74. The minimum absolute atomic E-state index is 0.0558. The molecule has 4 heteroatoms. The van der Waals surface area contributed by atoms with Crippen molar-refractivity contribution >= 4 is 6.03 Å². The molecule has 2 amide bonds. The fourth-order valence-electron chi connectivity index (χ4n) is 2.87. The maximum atomic E-state index is 12.1. The zero-order chi connectivity index (χ0) is 12.5. The number of hydrogen-bond donors (Lipinski definition) is 1. The van der Waals surface area contributed by atoms with Crippen molar-refractivity contribution in [3.05, 3.63) is 0 Å². The van der Waals surface area contributed by atoms with Gasteiger partial charge in [0.15, 0.2) is 0 Å². The summed E-state index contributed by atoms with van der Waals surface area (Å²) in [5.74, 6) is 0. The maximum Gasteiger partial charge on any atom is 0.317 e. The highest BCUT2D eigenvalue weighted by molar-refractivity contribution is 5.74. The Balaban J connectivity index is 1.83. The van der Waals surface area contributed by atoms with Gasteiger partial charge in [0.1, 0.15) is 0 Å². The number of urea groups is 1.